The second-order valence-electron chi connectivity index (χ2n) is 5.82. The minimum absolute atomic E-state index is 0.331. The predicted octanol–water partition coefficient (Wildman–Crippen LogP) is 3.73. The summed E-state index contributed by atoms with van der Waals surface area (Å²) < 4.78 is 5.39. The maximum absolute atomic E-state index is 11.0. The van der Waals surface area contributed by atoms with Crippen molar-refractivity contribution in [1.29, 1.82) is 0 Å². The lowest BCUT2D eigenvalue weighted by atomic mass is 9.71. The molecule has 2 heteroatoms. The Morgan fingerprint density at radius 2 is 2.00 bits per heavy atom. The molecule has 1 fully saturated rings. The van der Waals surface area contributed by atoms with Crippen molar-refractivity contribution in [2.45, 2.75) is 45.1 Å². The molecule has 2 rings (SSSR count). The number of benzene rings is 1. The highest BCUT2D eigenvalue weighted by Gasteiger charge is 2.37. The number of aliphatic hydroxyl groups is 1. The molecule has 0 heterocycles. The Kier molecular flexibility index (Phi) is 3.96. The topological polar surface area (TPSA) is 29.5 Å². The van der Waals surface area contributed by atoms with E-state index in [1.54, 1.807) is 7.11 Å². The fraction of sp³-hybridized carbons (Fsp3) is 0.625. The van der Waals surface area contributed by atoms with Crippen molar-refractivity contribution in [3.63, 3.8) is 0 Å². The molecular formula is C16H24O2. The van der Waals surface area contributed by atoms with Crippen LogP contribution in [0.3, 0.4) is 0 Å². The van der Waals surface area contributed by atoms with Crippen LogP contribution in [0.25, 0.3) is 0 Å². The third kappa shape index (κ3) is 2.54. The molecule has 1 saturated carbocycles. The van der Waals surface area contributed by atoms with E-state index in [0.29, 0.717) is 11.8 Å². The van der Waals surface area contributed by atoms with Crippen molar-refractivity contribution < 1.29 is 9.84 Å². The average Bonchev–Trinajstić information content (AvgIpc) is 2.38. The smallest absolute Gasteiger partial charge is 0.124 e. The largest absolute Gasteiger partial charge is 0.496 e. The summed E-state index contributed by atoms with van der Waals surface area (Å²) in [5, 5.41) is 11.0. The molecule has 1 aromatic carbocycles. The first kappa shape index (κ1) is 13.4. The predicted molar refractivity (Wildman–Crippen MR) is 73.7 cm³/mol. The lowest BCUT2D eigenvalue weighted by molar-refractivity contribution is -0.0309. The van der Waals surface area contributed by atoms with Crippen LogP contribution in [0, 0.1) is 11.8 Å². The lowest BCUT2D eigenvalue weighted by Crippen LogP contribution is -2.35. The number of rotatable bonds is 3. The summed E-state index contributed by atoms with van der Waals surface area (Å²) in [6.07, 6.45) is 4.72. The van der Waals surface area contributed by atoms with E-state index >= 15 is 0 Å². The molecule has 0 amide bonds. The Labute approximate surface area is 110 Å². The molecular weight excluding hydrogens is 224 g/mol. The summed E-state index contributed by atoms with van der Waals surface area (Å²) >= 11 is 0. The molecule has 1 aromatic rings. The Morgan fingerprint density at radius 1 is 1.28 bits per heavy atom. The Hall–Kier alpha value is -1.02. The highest BCUT2D eigenvalue weighted by Crippen LogP contribution is 2.43. The van der Waals surface area contributed by atoms with Crippen LogP contribution in [-0.4, -0.2) is 12.2 Å². The fourth-order valence-corrected chi connectivity index (χ4v) is 3.23. The molecule has 1 aliphatic carbocycles. The monoisotopic (exact) mass is 248 g/mol. The van der Waals surface area contributed by atoms with Crippen LogP contribution in [0.2, 0.25) is 0 Å². The van der Waals surface area contributed by atoms with Crippen molar-refractivity contribution in [3.8, 4) is 5.75 Å². The van der Waals surface area contributed by atoms with Gasteiger partial charge in [-0.3, -0.25) is 0 Å². The number of ether oxygens (including phenoxy) is 1. The Bertz CT molecular complexity index is 398. The van der Waals surface area contributed by atoms with Crippen LogP contribution >= 0.6 is 0 Å². The van der Waals surface area contributed by atoms with E-state index in [1.165, 1.54) is 12.8 Å². The van der Waals surface area contributed by atoms with Gasteiger partial charge in [-0.2, -0.15) is 0 Å². The normalized spacial score (nSPS) is 27.6. The number of methoxy groups -OCH3 is 1. The maximum Gasteiger partial charge on any atom is 0.124 e. The van der Waals surface area contributed by atoms with Crippen molar-refractivity contribution >= 4 is 0 Å². The summed E-state index contributed by atoms with van der Waals surface area (Å²) in [6, 6.07) is 7.83. The number of hydrogen-bond acceptors (Lipinski definition) is 2. The first-order chi connectivity index (χ1) is 8.55. The molecule has 0 bridgehead atoms. The first-order valence-electron chi connectivity index (χ1n) is 6.91. The van der Waals surface area contributed by atoms with Crippen molar-refractivity contribution in [3.05, 3.63) is 29.8 Å². The van der Waals surface area contributed by atoms with Crippen molar-refractivity contribution in [2.24, 2.45) is 11.8 Å². The van der Waals surface area contributed by atoms with E-state index in [1.807, 2.05) is 31.2 Å². The first-order valence-corrected chi connectivity index (χ1v) is 6.91. The van der Waals surface area contributed by atoms with E-state index < -0.39 is 5.60 Å². The second-order valence-corrected chi connectivity index (χ2v) is 5.82. The van der Waals surface area contributed by atoms with E-state index in [-0.39, 0.29) is 0 Å². The molecule has 0 radical (unpaired) electrons. The summed E-state index contributed by atoms with van der Waals surface area (Å²) in [5.74, 6) is 1.84. The van der Waals surface area contributed by atoms with Gasteiger partial charge >= 0.3 is 0 Å². The third-order valence-corrected chi connectivity index (χ3v) is 4.38. The highest BCUT2D eigenvalue weighted by atomic mass is 16.5. The Balaban J connectivity index is 2.28. The van der Waals surface area contributed by atoms with Crippen LogP contribution in [0.4, 0.5) is 0 Å². The second kappa shape index (κ2) is 5.31. The minimum atomic E-state index is -0.790. The zero-order chi connectivity index (χ0) is 13.2. The molecule has 0 saturated heterocycles. The molecule has 0 spiro atoms. The summed E-state index contributed by atoms with van der Waals surface area (Å²) in [7, 11) is 1.67. The van der Waals surface area contributed by atoms with Gasteiger partial charge in [0.1, 0.15) is 5.75 Å². The quantitative estimate of drug-likeness (QED) is 0.883. The standard InChI is InChI=1S/C16H24O2/c1-12-7-6-8-13(11-12)16(2,17)14-9-4-5-10-15(14)18-3/h4-5,9-10,12-13,17H,6-8,11H2,1-3H3. The maximum atomic E-state index is 11.0. The molecule has 3 atom stereocenters. The van der Waals surface area contributed by atoms with Crippen molar-refractivity contribution in [1.82, 2.24) is 0 Å². The van der Waals surface area contributed by atoms with Crippen LogP contribution in [0.5, 0.6) is 5.75 Å². The van der Waals surface area contributed by atoms with Gasteiger partial charge in [0.25, 0.3) is 0 Å². The van der Waals surface area contributed by atoms with E-state index in [0.717, 1.165) is 24.2 Å². The fourth-order valence-electron chi connectivity index (χ4n) is 3.23. The van der Waals surface area contributed by atoms with Gasteiger partial charge in [0.15, 0.2) is 0 Å². The lowest BCUT2D eigenvalue weighted by Gasteiger charge is -2.38. The molecule has 0 aromatic heterocycles. The number of para-hydroxylation sites is 1. The van der Waals surface area contributed by atoms with Gasteiger partial charge in [-0.25, -0.2) is 0 Å². The van der Waals surface area contributed by atoms with Crippen LogP contribution in [0.15, 0.2) is 24.3 Å². The zero-order valence-electron chi connectivity index (χ0n) is 11.6. The van der Waals surface area contributed by atoms with Gasteiger partial charge in [0, 0.05) is 5.56 Å². The molecule has 2 nitrogen and oxygen atoms in total. The highest BCUT2D eigenvalue weighted by molar-refractivity contribution is 5.38. The van der Waals surface area contributed by atoms with Gasteiger partial charge < -0.3 is 9.84 Å². The van der Waals surface area contributed by atoms with E-state index in [9.17, 15) is 5.11 Å². The summed E-state index contributed by atoms with van der Waals surface area (Å²) in [6.45, 7) is 4.22. The van der Waals surface area contributed by atoms with Gasteiger partial charge in [-0.15, -0.1) is 0 Å². The van der Waals surface area contributed by atoms with Gasteiger partial charge in [0.2, 0.25) is 0 Å². The number of hydrogen-bond donors (Lipinski definition) is 1. The summed E-state index contributed by atoms with van der Waals surface area (Å²) in [4.78, 5) is 0. The molecule has 18 heavy (non-hydrogen) atoms. The van der Waals surface area contributed by atoms with E-state index in [4.69, 9.17) is 4.74 Å². The van der Waals surface area contributed by atoms with Crippen LogP contribution < -0.4 is 4.74 Å². The van der Waals surface area contributed by atoms with Gasteiger partial charge in [-0.1, -0.05) is 38.0 Å². The average molecular weight is 248 g/mol. The van der Waals surface area contributed by atoms with Crippen molar-refractivity contribution in [2.75, 3.05) is 7.11 Å². The molecule has 0 aliphatic heterocycles. The third-order valence-electron chi connectivity index (χ3n) is 4.38. The van der Waals surface area contributed by atoms with Crippen LogP contribution in [0.1, 0.15) is 45.1 Å². The molecule has 1 N–H and O–H groups in total. The minimum Gasteiger partial charge on any atom is -0.496 e. The van der Waals surface area contributed by atoms with Gasteiger partial charge in [0.05, 0.1) is 12.7 Å². The van der Waals surface area contributed by atoms with Gasteiger partial charge in [-0.05, 0) is 37.7 Å². The zero-order valence-corrected chi connectivity index (χ0v) is 11.6. The molecule has 3 unspecified atom stereocenters. The molecule has 1 aliphatic rings. The molecule has 100 valence electrons. The van der Waals surface area contributed by atoms with Crippen LogP contribution in [-0.2, 0) is 5.60 Å². The summed E-state index contributed by atoms with van der Waals surface area (Å²) in [5.41, 5.74) is 0.132. The van der Waals surface area contributed by atoms with E-state index in [2.05, 4.69) is 6.92 Å². The SMILES string of the molecule is COc1ccccc1C(C)(O)C1CCCC(C)C1. The Morgan fingerprint density at radius 3 is 2.67 bits per heavy atom.